The first-order chi connectivity index (χ1) is 16.5. The highest BCUT2D eigenvalue weighted by Gasteiger charge is 2.30. The van der Waals surface area contributed by atoms with Crippen LogP contribution >= 0.6 is 11.6 Å². The second kappa shape index (κ2) is 12.9. The normalized spacial score (nSPS) is 11.6. The van der Waals surface area contributed by atoms with Crippen LogP contribution in [0.3, 0.4) is 0 Å². The van der Waals surface area contributed by atoms with Crippen LogP contribution in [-0.2, 0) is 29.0 Å². The molecular formula is C28H30ClFN2O2. The second-order valence-corrected chi connectivity index (χ2v) is 8.74. The molecule has 0 saturated carbocycles. The third-order valence-corrected chi connectivity index (χ3v) is 5.89. The Labute approximate surface area is 205 Å². The minimum atomic E-state index is -0.705. The first kappa shape index (κ1) is 25.4. The fraction of sp³-hybridized carbons (Fsp3) is 0.286. The zero-order valence-electron chi connectivity index (χ0n) is 19.3. The van der Waals surface area contributed by atoms with Gasteiger partial charge in [-0.2, -0.15) is 0 Å². The fourth-order valence-corrected chi connectivity index (χ4v) is 3.85. The van der Waals surface area contributed by atoms with Gasteiger partial charge in [-0.3, -0.25) is 9.59 Å². The molecule has 0 bridgehead atoms. The number of amides is 2. The molecule has 1 atom stereocenters. The molecule has 6 heteroatoms. The van der Waals surface area contributed by atoms with E-state index in [0.29, 0.717) is 18.0 Å². The Morgan fingerprint density at radius 1 is 0.912 bits per heavy atom. The standard InChI is InChI=1S/C28H30ClFN2O2/c1-2-3-17-31-28(34)26(18-21-7-5-4-6-8-21)32(20-23-11-15-25(30)16-12-23)27(33)19-22-9-13-24(29)14-10-22/h4-16,26H,2-3,17-20H2,1H3,(H,31,34)/t26-/m1/s1. The summed E-state index contributed by atoms with van der Waals surface area (Å²) in [6, 6.07) is 22.1. The van der Waals surface area contributed by atoms with Crippen molar-refractivity contribution in [3.05, 3.63) is 106 Å². The Kier molecular flexibility index (Phi) is 9.65. The molecule has 0 aliphatic carbocycles. The summed E-state index contributed by atoms with van der Waals surface area (Å²) in [5, 5.41) is 3.59. The van der Waals surface area contributed by atoms with E-state index in [1.165, 1.54) is 12.1 Å². The summed E-state index contributed by atoms with van der Waals surface area (Å²) in [4.78, 5) is 28.5. The van der Waals surface area contributed by atoms with E-state index >= 15 is 0 Å². The van der Waals surface area contributed by atoms with Crippen molar-refractivity contribution < 1.29 is 14.0 Å². The number of carbonyl (C=O) groups is 2. The molecule has 0 aliphatic heterocycles. The first-order valence-electron chi connectivity index (χ1n) is 11.6. The summed E-state index contributed by atoms with van der Waals surface area (Å²) in [5.74, 6) is -0.719. The molecule has 1 N–H and O–H groups in total. The molecule has 0 unspecified atom stereocenters. The van der Waals surface area contributed by atoms with E-state index in [-0.39, 0.29) is 30.6 Å². The van der Waals surface area contributed by atoms with Gasteiger partial charge in [0.2, 0.25) is 11.8 Å². The van der Waals surface area contributed by atoms with Crippen molar-refractivity contribution in [2.75, 3.05) is 6.54 Å². The molecule has 2 amide bonds. The Hall–Kier alpha value is -3.18. The van der Waals surface area contributed by atoms with Gasteiger partial charge in [-0.15, -0.1) is 0 Å². The summed E-state index contributed by atoms with van der Waals surface area (Å²) < 4.78 is 13.5. The highest BCUT2D eigenvalue weighted by Crippen LogP contribution is 2.18. The average molecular weight is 481 g/mol. The molecular weight excluding hydrogens is 451 g/mol. The van der Waals surface area contributed by atoms with Crippen LogP contribution in [0.1, 0.15) is 36.5 Å². The molecule has 0 heterocycles. The van der Waals surface area contributed by atoms with E-state index in [2.05, 4.69) is 12.2 Å². The van der Waals surface area contributed by atoms with Gasteiger partial charge in [0.05, 0.1) is 6.42 Å². The molecule has 4 nitrogen and oxygen atoms in total. The van der Waals surface area contributed by atoms with Crippen molar-refractivity contribution in [1.29, 1.82) is 0 Å². The van der Waals surface area contributed by atoms with E-state index in [1.807, 2.05) is 42.5 Å². The zero-order valence-corrected chi connectivity index (χ0v) is 20.1. The SMILES string of the molecule is CCCCNC(=O)[C@@H](Cc1ccccc1)N(Cc1ccc(F)cc1)C(=O)Cc1ccc(Cl)cc1. The van der Waals surface area contributed by atoms with E-state index in [4.69, 9.17) is 11.6 Å². The Morgan fingerprint density at radius 3 is 2.21 bits per heavy atom. The Balaban J connectivity index is 1.92. The molecule has 0 saturated heterocycles. The molecule has 3 aromatic carbocycles. The molecule has 0 spiro atoms. The van der Waals surface area contributed by atoms with Gasteiger partial charge in [0.15, 0.2) is 0 Å². The van der Waals surface area contributed by atoms with Crippen molar-refractivity contribution in [3.8, 4) is 0 Å². The number of carbonyl (C=O) groups excluding carboxylic acids is 2. The summed E-state index contributed by atoms with van der Waals surface area (Å²) in [7, 11) is 0. The highest BCUT2D eigenvalue weighted by molar-refractivity contribution is 6.30. The first-order valence-corrected chi connectivity index (χ1v) is 11.9. The highest BCUT2D eigenvalue weighted by atomic mass is 35.5. The van der Waals surface area contributed by atoms with Gasteiger partial charge in [-0.25, -0.2) is 4.39 Å². The molecule has 34 heavy (non-hydrogen) atoms. The molecule has 0 aromatic heterocycles. The smallest absolute Gasteiger partial charge is 0.243 e. The molecule has 3 rings (SSSR count). The van der Waals surface area contributed by atoms with Crippen molar-refractivity contribution in [2.24, 2.45) is 0 Å². The summed E-state index contributed by atoms with van der Waals surface area (Å²) in [6.07, 6.45) is 2.33. The number of nitrogens with one attached hydrogen (secondary N) is 1. The third-order valence-electron chi connectivity index (χ3n) is 5.64. The third kappa shape index (κ3) is 7.70. The molecule has 0 fully saturated rings. The van der Waals surface area contributed by atoms with Crippen LogP contribution in [0.15, 0.2) is 78.9 Å². The minimum absolute atomic E-state index is 0.131. The fourth-order valence-electron chi connectivity index (χ4n) is 3.73. The molecule has 178 valence electrons. The van der Waals surface area contributed by atoms with E-state index in [1.54, 1.807) is 29.2 Å². The summed E-state index contributed by atoms with van der Waals surface area (Å²) in [5.41, 5.74) is 2.52. The van der Waals surface area contributed by atoms with Crippen LogP contribution < -0.4 is 5.32 Å². The van der Waals surface area contributed by atoms with Crippen LogP contribution in [-0.4, -0.2) is 29.3 Å². The second-order valence-electron chi connectivity index (χ2n) is 8.30. The number of benzene rings is 3. The van der Waals surface area contributed by atoms with Crippen LogP contribution in [0.5, 0.6) is 0 Å². The topological polar surface area (TPSA) is 49.4 Å². The van der Waals surface area contributed by atoms with Gasteiger partial charge in [0.25, 0.3) is 0 Å². The predicted molar refractivity (Wildman–Crippen MR) is 134 cm³/mol. The molecule has 0 radical (unpaired) electrons. The number of hydrogen-bond acceptors (Lipinski definition) is 2. The largest absolute Gasteiger partial charge is 0.354 e. The van der Waals surface area contributed by atoms with Crippen LogP contribution in [0, 0.1) is 5.82 Å². The maximum absolute atomic E-state index is 13.6. The average Bonchev–Trinajstić information content (AvgIpc) is 2.84. The van der Waals surface area contributed by atoms with Crippen LogP contribution in [0.2, 0.25) is 5.02 Å². The number of hydrogen-bond donors (Lipinski definition) is 1. The van der Waals surface area contributed by atoms with Gasteiger partial charge in [-0.05, 0) is 47.4 Å². The van der Waals surface area contributed by atoms with Crippen LogP contribution in [0.4, 0.5) is 4.39 Å². The number of halogens is 2. The lowest BCUT2D eigenvalue weighted by molar-refractivity contribution is -0.140. The quantitative estimate of drug-likeness (QED) is 0.364. The van der Waals surface area contributed by atoms with Gasteiger partial charge in [0, 0.05) is 24.5 Å². The van der Waals surface area contributed by atoms with E-state index in [9.17, 15) is 14.0 Å². The van der Waals surface area contributed by atoms with E-state index < -0.39 is 6.04 Å². The number of nitrogens with zero attached hydrogens (tertiary/aromatic N) is 1. The lowest BCUT2D eigenvalue weighted by atomic mass is 10.0. The van der Waals surface area contributed by atoms with E-state index in [0.717, 1.165) is 29.5 Å². The monoisotopic (exact) mass is 480 g/mol. The van der Waals surface area contributed by atoms with Gasteiger partial charge in [-0.1, -0.05) is 79.5 Å². The predicted octanol–water partition coefficient (Wildman–Crippen LogP) is 5.58. The number of rotatable bonds is 11. The Morgan fingerprint density at radius 2 is 1.56 bits per heavy atom. The molecule has 0 aliphatic rings. The van der Waals surface area contributed by atoms with Gasteiger partial charge >= 0.3 is 0 Å². The lowest BCUT2D eigenvalue weighted by Gasteiger charge is -2.31. The van der Waals surface area contributed by atoms with Gasteiger partial charge in [0.1, 0.15) is 11.9 Å². The lowest BCUT2D eigenvalue weighted by Crippen LogP contribution is -2.51. The van der Waals surface area contributed by atoms with Crippen molar-refractivity contribution in [1.82, 2.24) is 10.2 Å². The number of unbranched alkanes of at least 4 members (excludes halogenated alkanes) is 1. The maximum atomic E-state index is 13.6. The summed E-state index contributed by atoms with van der Waals surface area (Å²) in [6.45, 7) is 2.81. The van der Waals surface area contributed by atoms with Crippen molar-refractivity contribution >= 4 is 23.4 Å². The zero-order chi connectivity index (χ0) is 24.3. The maximum Gasteiger partial charge on any atom is 0.243 e. The summed E-state index contributed by atoms with van der Waals surface area (Å²) >= 11 is 5.99. The van der Waals surface area contributed by atoms with Gasteiger partial charge < -0.3 is 10.2 Å². The minimum Gasteiger partial charge on any atom is -0.354 e. The molecule has 3 aromatic rings. The Bertz CT molecular complexity index is 1060. The van der Waals surface area contributed by atoms with Crippen LogP contribution in [0.25, 0.3) is 0 Å². The van der Waals surface area contributed by atoms with Crippen molar-refractivity contribution in [3.63, 3.8) is 0 Å². The van der Waals surface area contributed by atoms with Crippen molar-refractivity contribution in [2.45, 2.75) is 45.2 Å².